The van der Waals surface area contributed by atoms with Gasteiger partial charge in [0.05, 0.1) is 0 Å². The molecule has 0 fully saturated rings. The molecule has 0 heterocycles. The first kappa shape index (κ1) is 16.7. The SMILES string of the molecule is O=C(c1ccc(F)cc1)c1ccccc1C(=O)C(O)c1ccccc1. The number of benzene rings is 3. The standard InChI is InChI=1S/C21H15FO3/c22-16-12-10-15(11-13-16)19(23)17-8-4-5-9-18(17)21(25)20(24)14-6-2-1-3-7-14/h1-13,20,24H. The van der Waals surface area contributed by atoms with Crippen molar-refractivity contribution in [1.29, 1.82) is 0 Å². The van der Waals surface area contributed by atoms with E-state index >= 15 is 0 Å². The summed E-state index contributed by atoms with van der Waals surface area (Å²) in [6.45, 7) is 0. The van der Waals surface area contributed by atoms with Gasteiger partial charge in [-0.15, -0.1) is 0 Å². The fourth-order valence-electron chi connectivity index (χ4n) is 2.59. The average Bonchev–Trinajstić information content (AvgIpc) is 2.67. The van der Waals surface area contributed by atoms with Crippen molar-refractivity contribution in [3.8, 4) is 0 Å². The van der Waals surface area contributed by atoms with Crippen molar-refractivity contribution in [3.05, 3.63) is 107 Å². The van der Waals surface area contributed by atoms with Gasteiger partial charge in [0.25, 0.3) is 0 Å². The largest absolute Gasteiger partial charge is 0.380 e. The number of aliphatic hydroxyl groups excluding tert-OH is 1. The molecular weight excluding hydrogens is 319 g/mol. The van der Waals surface area contributed by atoms with Crippen LogP contribution in [0.3, 0.4) is 0 Å². The molecule has 1 N–H and O–H groups in total. The highest BCUT2D eigenvalue weighted by atomic mass is 19.1. The summed E-state index contributed by atoms with van der Waals surface area (Å²) >= 11 is 0. The third kappa shape index (κ3) is 3.54. The number of aliphatic hydroxyl groups is 1. The lowest BCUT2D eigenvalue weighted by atomic mass is 9.92. The van der Waals surface area contributed by atoms with Gasteiger partial charge in [0.2, 0.25) is 0 Å². The minimum absolute atomic E-state index is 0.133. The normalized spacial score (nSPS) is 11.8. The van der Waals surface area contributed by atoms with Crippen molar-refractivity contribution in [3.63, 3.8) is 0 Å². The second-order valence-electron chi connectivity index (χ2n) is 5.56. The first-order valence-corrected chi connectivity index (χ1v) is 7.74. The lowest BCUT2D eigenvalue weighted by Gasteiger charge is -2.13. The number of hydrogen-bond acceptors (Lipinski definition) is 3. The Bertz CT molecular complexity index is 902. The lowest BCUT2D eigenvalue weighted by Crippen LogP contribution is -2.16. The third-order valence-electron chi connectivity index (χ3n) is 3.91. The summed E-state index contributed by atoms with van der Waals surface area (Å²) in [6, 6.07) is 19.9. The molecule has 0 aromatic heterocycles. The summed E-state index contributed by atoms with van der Waals surface area (Å²) in [5, 5.41) is 10.3. The van der Waals surface area contributed by atoms with E-state index in [0.29, 0.717) is 5.56 Å². The minimum atomic E-state index is -1.36. The number of Topliss-reactive ketones (excluding diaryl/α,β-unsaturated/α-hetero) is 1. The Labute approximate surface area is 144 Å². The highest BCUT2D eigenvalue weighted by Gasteiger charge is 2.24. The molecule has 0 bridgehead atoms. The summed E-state index contributed by atoms with van der Waals surface area (Å²) in [5.41, 5.74) is 1.04. The van der Waals surface area contributed by atoms with E-state index in [-0.39, 0.29) is 16.7 Å². The van der Waals surface area contributed by atoms with E-state index in [1.807, 2.05) is 0 Å². The predicted molar refractivity (Wildman–Crippen MR) is 92.0 cm³/mol. The van der Waals surface area contributed by atoms with Crippen LogP contribution in [-0.2, 0) is 0 Å². The topological polar surface area (TPSA) is 54.4 Å². The minimum Gasteiger partial charge on any atom is -0.380 e. The maximum atomic E-state index is 13.1. The van der Waals surface area contributed by atoms with Gasteiger partial charge in [-0.25, -0.2) is 4.39 Å². The van der Waals surface area contributed by atoms with Crippen molar-refractivity contribution in [2.75, 3.05) is 0 Å². The van der Waals surface area contributed by atoms with E-state index in [0.717, 1.165) is 0 Å². The monoisotopic (exact) mass is 334 g/mol. The molecule has 124 valence electrons. The highest BCUT2D eigenvalue weighted by molar-refractivity contribution is 6.16. The Morgan fingerprint density at radius 3 is 1.96 bits per heavy atom. The molecule has 1 atom stereocenters. The zero-order valence-electron chi connectivity index (χ0n) is 13.2. The molecule has 0 radical (unpaired) electrons. The van der Waals surface area contributed by atoms with Crippen molar-refractivity contribution < 1.29 is 19.1 Å². The van der Waals surface area contributed by atoms with Crippen LogP contribution in [0.4, 0.5) is 4.39 Å². The van der Waals surface area contributed by atoms with E-state index in [9.17, 15) is 19.1 Å². The number of carbonyl (C=O) groups excluding carboxylic acids is 2. The second kappa shape index (κ2) is 7.20. The molecule has 3 aromatic rings. The molecule has 3 aromatic carbocycles. The van der Waals surface area contributed by atoms with Crippen LogP contribution in [0, 0.1) is 5.82 Å². The summed E-state index contributed by atoms with van der Waals surface area (Å²) in [4.78, 5) is 25.4. The molecule has 0 saturated heterocycles. The molecule has 3 nitrogen and oxygen atoms in total. The van der Waals surface area contributed by atoms with Gasteiger partial charge in [0, 0.05) is 16.7 Å². The summed E-state index contributed by atoms with van der Waals surface area (Å²) in [5.74, 6) is -1.40. The number of rotatable bonds is 5. The van der Waals surface area contributed by atoms with Crippen LogP contribution in [0.5, 0.6) is 0 Å². The van der Waals surface area contributed by atoms with Gasteiger partial charge in [-0.2, -0.15) is 0 Å². The molecule has 0 aliphatic rings. The van der Waals surface area contributed by atoms with Crippen molar-refractivity contribution >= 4 is 11.6 Å². The van der Waals surface area contributed by atoms with E-state index in [1.165, 1.54) is 36.4 Å². The molecule has 0 amide bonds. The van der Waals surface area contributed by atoms with Crippen LogP contribution in [0.2, 0.25) is 0 Å². The smallest absolute Gasteiger partial charge is 0.196 e. The van der Waals surface area contributed by atoms with Crippen LogP contribution in [0.1, 0.15) is 37.9 Å². The Balaban J connectivity index is 1.97. The molecule has 1 unspecified atom stereocenters. The van der Waals surface area contributed by atoms with Crippen LogP contribution < -0.4 is 0 Å². The van der Waals surface area contributed by atoms with E-state index in [4.69, 9.17) is 0 Å². The van der Waals surface area contributed by atoms with Crippen molar-refractivity contribution in [1.82, 2.24) is 0 Å². The van der Waals surface area contributed by atoms with Crippen molar-refractivity contribution in [2.24, 2.45) is 0 Å². The molecular formula is C21H15FO3. The van der Waals surface area contributed by atoms with Gasteiger partial charge >= 0.3 is 0 Å². The lowest BCUT2D eigenvalue weighted by molar-refractivity contribution is 0.0744. The van der Waals surface area contributed by atoms with Crippen LogP contribution in [0.15, 0.2) is 78.9 Å². The van der Waals surface area contributed by atoms with Gasteiger partial charge in [0.1, 0.15) is 11.9 Å². The molecule has 4 heteroatoms. The fraction of sp³-hybridized carbons (Fsp3) is 0.0476. The summed E-state index contributed by atoms with van der Waals surface area (Å²) in [7, 11) is 0. The van der Waals surface area contributed by atoms with E-state index < -0.39 is 23.5 Å². The Morgan fingerprint density at radius 2 is 1.32 bits per heavy atom. The zero-order valence-corrected chi connectivity index (χ0v) is 13.2. The number of hydrogen-bond donors (Lipinski definition) is 1. The first-order chi connectivity index (χ1) is 12.1. The predicted octanol–water partition coefficient (Wildman–Crippen LogP) is 3.97. The van der Waals surface area contributed by atoms with Crippen LogP contribution in [0.25, 0.3) is 0 Å². The van der Waals surface area contributed by atoms with Gasteiger partial charge < -0.3 is 5.11 Å². The summed E-state index contributed by atoms with van der Waals surface area (Å²) < 4.78 is 13.1. The molecule has 0 saturated carbocycles. The number of halogens is 1. The third-order valence-corrected chi connectivity index (χ3v) is 3.91. The molecule has 3 rings (SSSR count). The maximum absolute atomic E-state index is 13.1. The quantitative estimate of drug-likeness (QED) is 0.718. The number of ketones is 2. The van der Waals surface area contributed by atoms with Gasteiger partial charge in [-0.1, -0.05) is 54.6 Å². The van der Waals surface area contributed by atoms with E-state index in [1.54, 1.807) is 42.5 Å². The molecule has 25 heavy (non-hydrogen) atoms. The van der Waals surface area contributed by atoms with E-state index in [2.05, 4.69) is 0 Å². The van der Waals surface area contributed by atoms with Crippen LogP contribution in [-0.4, -0.2) is 16.7 Å². The Morgan fingerprint density at radius 1 is 0.760 bits per heavy atom. The molecule has 0 aliphatic heterocycles. The highest BCUT2D eigenvalue weighted by Crippen LogP contribution is 2.22. The Kier molecular flexibility index (Phi) is 4.82. The average molecular weight is 334 g/mol. The maximum Gasteiger partial charge on any atom is 0.196 e. The fourth-order valence-corrected chi connectivity index (χ4v) is 2.59. The molecule has 0 spiro atoms. The zero-order chi connectivity index (χ0) is 17.8. The number of carbonyl (C=O) groups is 2. The van der Waals surface area contributed by atoms with Crippen LogP contribution >= 0.6 is 0 Å². The van der Waals surface area contributed by atoms with Gasteiger partial charge in [-0.3, -0.25) is 9.59 Å². The van der Waals surface area contributed by atoms with Gasteiger partial charge in [-0.05, 0) is 29.8 Å². The summed E-state index contributed by atoms with van der Waals surface area (Å²) in [6.07, 6.45) is -1.36. The Hall–Kier alpha value is -3.11. The molecule has 0 aliphatic carbocycles. The second-order valence-corrected chi connectivity index (χ2v) is 5.56. The van der Waals surface area contributed by atoms with Crippen molar-refractivity contribution in [2.45, 2.75) is 6.10 Å². The van der Waals surface area contributed by atoms with Gasteiger partial charge in [0.15, 0.2) is 11.6 Å². The first-order valence-electron chi connectivity index (χ1n) is 7.74.